The van der Waals surface area contributed by atoms with Crippen molar-refractivity contribution in [1.29, 1.82) is 0 Å². The standard InChI is InChI=1S/C12H16FN3O3/c1-3-15-12(18)16-11(17)7(2)19-10-5-4-8(14)6-9(10)13/h4-7H,3,14H2,1-2H3,(H2,15,16,17,18). The predicted molar refractivity (Wildman–Crippen MR) is 68.1 cm³/mol. The molecule has 1 atom stereocenters. The van der Waals surface area contributed by atoms with Gasteiger partial charge in [-0.05, 0) is 26.0 Å². The van der Waals surface area contributed by atoms with Gasteiger partial charge in [0.15, 0.2) is 17.7 Å². The van der Waals surface area contributed by atoms with Gasteiger partial charge >= 0.3 is 6.03 Å². The van der Waals surface area contributed by atoms with Crippen LogP contribution in [0.3, 0.4) is 0 Å². The third kappa shape index (κ3) is 4.46. The molecule has 0 aliphatic rings. The van der Waals surface area contributed by atoms with Gasteiger partial charge in [0, 0.05) is 18.3 Å². The fourth-order valence-electron chi connectivity index (χ4n) is 1.27. The predicted octanol–water partition coefficient (Wildman–Crippen LogP) is 1.02. The number of hydrogen-bond donors (Lipinski definition) is 3. The molecular weight excluding hydrogens is 253 g/mol. The fourth-order valence-corrected chi connectivity index (χ4v) is 1.27. The Kier molecular flexibility index (Phi) is 5.11. The van der Waals surface area contributed by atoms with Crippen LogP contribution in [0.2, 0.25) is 0 Å². The average Bonchev–Trinajstić information content (AvgIpc) is 2.32. The second-order valence-electron chi connectivity index (χ2n) is 3.80. The number of amides is 3. The summed E-state index contributed by atoms with van der Waals surface area (Å²) in [5.41, 5.74) is 5.64. The van der Waals surface area contributed by atoms with E-state index in [-0.39, 0.29) is 11.4 Å². The molecule has 0 fully saturated rings. The van der Waals surface area contributed by atoms with Gasteiger partial charge in [-0.2, -0.15) is 0 Å². The number of benzene rings is 1. The van der Waals surface area contributed by atoms with Gasteiger partial charge in [0.2, 0.25) is 0 Å². The third-order valence-corrected chi connectivity index (χ3v) is 2.20. The Balaban J connectivity index is 2.61. The second-order valence-corrected chi connectivity index (χ2v) is 3.80. The van der Waals surface area contributed by atoms with Crippen LogP contribution in [0.25, 0.3) is 0 Å². The van der Waals surface area contributed by atoms with Crippen LogP contribution in [0.15, 0.2) is 18.2 Å². The number of ether oxygens (including phenoxy) is 1. The second kappa shape index (κ2) is 6.58. The lowest BCUT2D eigenvalue weighted by Crippen LogP contribution is -2.45. The monoisotopic (exact) mass is 269 g/mol. The van der Waals surface area contributed by atoms with E-state index in [1.807, 2.05) is 0 Å². The van der Waals surface area contributed by atoms with E-state index >= 15 is 0 Å². The molecule has 1 aromatic carbocycles. The summed E-state index contributed by atoms with van der Waals surface area (Å²) >= 11 is 0. The largest absolute Gasteiger partial charge is 0.478 e. The van der Waals surface area contributed by atoms with E-state index in [1.54, 1.807) is 6.92 Å². The number of imide groups is 1. The van der Waals surface area contributed by atoms with Crippen LogP contribution in [0, 0.1) is 5.82 Å². The summed E-state index contributed by atoms with van der Waals surface area (Å²) in [6.07, 6.45) is -1.01. The third-order valence-electron chi connectivity index (χ3n) is 2.20. The van der Waals surface area contributed by atoms with Gasteiger partial charge in [0.25, 0.3) is 5.91 Å². The molecule has 19 heavy (non-hydrogen) atoms. The van der Waals surface area contributed by atoms with Crippen molar-refractivity contribution < 1.29 is 18.7 Å². The number of urea groups is 1. The minimum atomic E-state index is -1.01. The van der Waals surface area contributed by atoms with Gasteiger partial charge in [-0.1, -0.05) is 0 Å². The van der Waals surface area contributed by atoms with Gasteiger partial charge in [-0.3, -0.25) is 10.1 Å². The summed E-state index contributed by atoms with van der Waals surface area (Å²) in [6, 6.07) is 3.23. The lowest BCUT2D eigenvalue weighted by atomic mass is 10.3. The molecule has 6 nitrogen and oxygen atoms in total. The highest BCUT2D eigenvalue weighted by atomic mass is 19.1. The summed E-state index contributed by atoms with van der Waals surface area (Å²) in [4.78, 5) is 22.7. The Morgan fingerprint density at radius 3 is 2.74 bits per heavy atom. The maximum absolute atomic E-state index is 13.4. The van der Waals surface area contributed by atoms with E-state index in [0.717, 1.165) is 6.07 Å². The zero-order valence-electron chi connectivity index (χ0n) is 10.7. The summed E-state index contributed by atoms with van der Waals surface area (Å²) in [5, 5.41) is 4.47. The van der Waals surface area contributed by atoms with Gasteiger partial charge in [-0.25, -0.2) is 9.18 Å². The number of anilines is 1. The highest BCUT2D eigenvalue weighted by Crippen LogP contribution is 2.20. The number of halogens is 1. The molecule has 0 aliphatic carbocycles. The summed E-state index contributed by atoms with van der Waals surface area (Å²) < 4.78 is 18.6. The quantitative estimate of drug-likeness (QED) is 0.711. The first-order valence-corrected chi connectivity index (χ1v) is 5.74. The zero-order valence-corrected chi connectivity index (χ0v) is 10.7. The van der Waals surface area contributed by atoms with Gasteiger partial charge in [-0.15, -0.1) is 0 Å². The number of rotatable bonds is 4. The molecule has 0 radical (unpaired) electrons. The molecular formula is C12H16FN3O3. The van der Waals surface area contributed by atoms with Crippen LogP contribution in [-0.2, 0) is 4.79 Å². The minimum Gasteiger partial charge on any atom is -0.478 e. The molecule has 4 N–H and O–H groups in total. The van der Waals surface area contributed by atoms with Crippen molar-refractivity contribution in [3.05, 3.63) is 24.0 Å². The number of nitrogen functional groups attached to an aromatic ring is 1. The van der Waals surface area contributed by atoms with E-state index in [1.165, 1.54) is 19.1 Å². The highest BCUT2D eigenvalue weighted by Gasteiger charge is 2.18. The van der Waals surface area contributed by atoms with Crippen LogP contribution >= 0.6 is 0 Å². The number of hydrogen-bond acceptors (Lipinski definition) is 4. The topological polar surface area (TPSA) is 93.5 Å². The molecule has 104 valence electrons. The minimum absolute atomic E-state index is 0.104. The first kappa shape index (κ1) is 14.7. The van der Waals surface area contributed by atoms with Crippen LogP contribution in [0.5, 0.6) is 5.75 Å². The van der Waals surface area contributed by atoms with E-state index in [0.29, 0.717) is 6.54 Å². The van der Waals surface area contributed by atoms with Crippen molar-refractivity contribution in [1.82, 2.24) is 10.6 Å². The Hall–Kier alpha value is -2.31. The molecule has 0 aromatic heterocycles. The van der Waals surface area contributed by atoms with Crippen molar-refractivity contribution in [2.45, 2.75) is 20.0 Å². The van der Waals surface area contributed by atoms with Crippen molar-refractivity contribution in [2.75, 3.05) is 12.3 Å². The lowest BCUT2D eigenvalue weighted by molar-refractivity contribution is -0.126. The van der Waals surface area contributed by atoms with E-state index in [4.69, 9.17) is 10.5 Å². The van der Waals surface area contributed by atoms with Gasteiger partial charge in [0.1, 0.15) is 0 Å². The Morgan fingerprint density at radius 2 is 2.16 bits per heavy atom. The van der Waals surface area contributed by atoms with Crippen LogP contribution in [0.4, 0.5) is 14.9 Å². The average molecular weight is 269 g/mol. The number of nitrogens with two attached hydrogens (primary N) is 1. The zero-order chi connectivity index (χ0) is 14.4. The van der Waals surface area contributed by atoms with Gasteiger partial charge < -0.3 is 15.8 Å². The number of carbonyl (C=O) groups is 2. The van der Waals surface area contributed by atoms with Crippen molar-refractivity contribution in [3.63, 3.8) is 0 Å². The lowest BCUT2D eigenvalue weighted by Gasteiger charge is -2.14. The first-order chi connectivity index (χ1) is 8.93. The van der Waals surface area contributed by atoms with E-state index in [9.17, 15) is 14.0 Å². The van der Waals surface area contributed by atoms with Crippen molar-refractivity contribution in [2.24, 2.45) is 0 Å². The normalized spacial score (nSPS) is 11.5. The molecule has 0 aliphatic heterocycles. The molecule has 7 heteroatoms. The number of carbonyl (C=O) groups excluding carboxylic acids is 2. The Bertz CT molecular complexity index is 479. The molecule has 1 rings (SSSR count). The maximum atomic E-state index is 13.4. The smallest absolute Gasteiger partial charge is 0.321 e. The molecule has 3 amide bonds. The maximum Gasteiger partial charge on any atom is 0.321 e. The summed E-state index contributed by atoms with van der Waals surface area (Å²) in [5.74, 6) is -1.44. The SMILES string of the molecule is CCNC(=O)NC(=O)C(C)Oc1ccc(N)cc1F. The summed E-state index contributed by atoms with van der Waals surface area (Å²) in [6.45, 7) is 3.51. The van der Waals surface area contributed by atoms with Crippen molar-refractivity contribution >= 4 is 17.6 Å². The Morgan fingerprint density at radius 1 is 1.47 bits per heavy atom. The van der Waals surface area contributed by atoms with Gasteiger partial charge in [0.05, 0.1) is 0 Å². The van der Waals surface area contributed by atoms with E-state index < -0.39 is 23.9 Å². The molecule has 0 heterocycles. The Labute approximate surface area is 110 Å². The van der Waals surface area contributed by atoms with Crippen LogP contribution in [0.1, 0.15) is 13.8 Å². The van der Waals surface area contributed by atoms with Crippen molar-refractivity contribution in [3.8, 4) is 5.75 Å². The molecule has 0 saturated carbocycles. The molecule has 0 bridgehead atoms. The highest BCUT2D eigenvalue weighted by molar-refractivity contribution is 5.96. The molecule has 1 aromatic rings. The fraction of sp³-hybridized carbons (Fsp3) is 0.333. The number of nitrogens with one attached hydrogen (secondary N) is 2. The van der Waals surface area contributed by atoms with E-state index in [2.05, 4.69) is 10.6 Å². The molecule has 1 unspecified atom stereocenters. The van der Waals surface area contributed by atoms with Crippen LogP contribution < -0.4 is 21.1 Å². The molecule has 0 saturated heterocycles. The van der Waals surface area contributed by atoms with Crippen LogP contribution in [-0.4, -0.2) is 24.6 Å². The first-order valence-electron chi connectivity index (χ1n) is 5.74. The summed E-state index contributed by atoms with van der Waals surface area (Å²) in [7, 11) is 0. The molecule has 0 spiro atoms.